The number of hydrogen-bond acceptors (Lipinski definition) is 3. The summed E-state index contributed by atoms with van der Waals surface area (Å²) in [7, 11) is 0. The van der Waals surface area contributed by atoms with E-state index in [2.05, 4.69) is 12.2 Å². The van der Waals surface area contributed by atoms with E-state index in [0.29, 0.717) is 24.2 Å². The Morgan fingerprint density at radius 2 is 1.85 bits per heavy atom. The molecule has 0 heterocycles. The molecule has 0 amide bonds. The van der Waals surface area contributed by atoms with E-state index in [1.165, 1.54) is 12.8 Å². The third-order valence-electron chi connectivity index (χ3n) is 3.14. The SMILES string of the molecule is CCOC1CC(NC2CC(N)C2)C1. The number of ether oxygens (including phenoxy) is 1. The maximum atomic E-state index is 5.71. The lowest BCUT2D eigenvalue weighted by Gasteiger charge is -2.42. The molecule has 0 saturated heterocycles. The second-order valence-electron chi connectivity index (χ2n) is 4.34. The fourth-order valence-corrected chi connectivity index (χ4v) is 2.20. The van der Waals surface area contributed by atoms with Crippen LogP contribution in [0.5, 0.6) is 0 Å². The fourth-order valence-electron chi connectivity index (χ4n) is 2.20. The Morgan fingerprint density at radius 1 is 1.23 bits per heavy atom. The summed E-state index contributed by atoms with van der Waals surface area (Å²) >= 11 is 0. The molecule has 0 aromatic rings. The second kappa shape index (κ2) is 3.95. The molecule has 3 N–H and O–H groups in total. The summed E-state index contributed by atoms with van der Waals surface area (Å²) < 4.78 is 5.50. The molecular weight excluding hydrogens is 164 g/mol. The molecule has 0 atom stereocenters. The van der Waals surface area contributed by atoms with Gasteiger partial charge < -0.3 is 15.8 Å². The van der Waals surface area contributed by atoms with Crippen LogP contribution in [-0.2, 0) is 4.74 Å². The first-order valence-electron chi connectivity index (χ1n) is 5.41. The highest BCUT2D eigenvalue weighted by atomic mass is 16.5. The lowest BCUT2D eigenvalue weighted by molar-refractivity contribution is -0.0153. The van der Waals surface area contributed by atoms with E-state index < -0.39 is 0 Å². The molecule has 76 valence electrons. The lowest BCUT2D eigenvalue weighted by atomic mass is 9.83. The van der Waals surface area contributed by atoms with Gasteiger partial charge in [-0.2, -0.15) is 0 Å². The highest BCUT2D eigenvalue weighted by Crippen LogP contribution is 2.27. The molecule has 3 heteroatoms. The summed E-state index contributed by atoms with van der Waals surface area (Å²) in [6.45, 7) is 2.91. The van der Waals surface area contributed by atoms with Gasteiger partial charge in [0, 0.05) is 24.7 Å². The van der Waals surface area contributed by atoms with Gasteiger partial charge in [0.2, 0.25) is 0 Å². The van der Waals surface area contributed by atoms with Crippen LogP contribution in [-0.4, -0.2) is 30.8 Å². The predicted molar refractivity (Wildman–Crippen MR) is 52.6 cm³/mol. The van der Waals surface area contributed by atoms with Crippen LogP contribution in [0.3, 0.4) is 0 Å². The van der Waals surface area contributed by atoms with Crippen molar-refractivity contribution in [3.05, 3.63) is 0 Å². The van der Waals surface area contributed by atoms with Gasteiger partial charge in [-0.05, 0) is 32.6 Å². The van der Waals surface area contributed by atoms with Gasteiger partial charge >= 0.3 is 0 Å². The Kier molecular flexibility index (Phi) is 2.86. The molecule has 0 unspecified atom stereocenters. The number of hydrogen-bond donors (Lipinski definition) is 2. The summed E-state index contributed by atoms with van der Waals surface area (Å²) in [5.41, 5.74) is 5.71. The molecule has 2 saturated carbocycles. The van der Waals surface area contributed by atoms with Gasteiger partial charge in [0.25, 0.3) is 0 Å². The van der Waals surface area contributed by atoms with E-state index in [0.717, 1.165) is 19.4 Å². The van der Waals surface area contributed by atoms with E-state index in [-0.39, 0.29) is 0 Å². The van der Waals surface area contributed by atoms with Crippen molar-refractivity contribution in [3.8, 4) is 0 Å². The van der Waals surface area contributed by atoms with Crippen LogP contribution in [0, 0.1) is 0 Å². The van der Waals surface area contributed by atoms with Gasteiger partial charge in [0.15, 0.2) is 0 Å². The van der Waals surface area contributed by atoms with Crippen LogP contribution in [0.25, 0.3) is 0 Å². The average molecular weight is 184 g/mol. The Labute approximate surface area is 80.0 Å². The van der Waals surface area contributed by atoms with Crippen LogP contribution < -0.4 is 11.1 Å². The standard InChI is InChI=1S/C10H20N2O/c1-2-13-10-5-9(6-10)12-8-3-7(11)4-8/h7-10,12H,2-6,11H2,1H3. The summed E-state index contributed by atoms with van der Waals surface area (Å²) in [5, 5.41) is 3.61. The predicted octanol–water partition coefficient (Wildman–Crippen LogP) is 0.633. The Bertz CT molecular complexity index is 162. The first kappa shape index (κ1) is 9.44. The van der Waals surface area contributed by atoms with Crippen LogP contribution in [0.1, 0.15) is 32.6 Å². The number of nitrogens with two attached hydrogens (primary N) is 1. The topological polar surface area (TPSA) is 47.3 Å². The summed E-state index contributed by atoms with van der Waals surface area (Å²) in [4.78, 5) is 0. The van der Waals surface area contributed by atoms with Gasteiger partial charge in [-0.15, -0.1) is 0 Å². The Hall–Kier alpha value is -0.120. The van der Waals surface area contributed by atoms with Gasteiger partial charge in [-0.1, -0.05) is 0 Å². The maximum Gasteiger partial charge on any atom is 0.0604 e. The zero-order valence-corrected chi connectivity index (χ0v) is 8.33. The van der Waals surface area contributed by atoms with Crippen LogP contribution in [0.4, 0.5) is 0 Å². The molecule has 0 aromatic heterocycles. The molecule has 3 nitrogen and oxygen atoms in total. The van der Waals surface area contributed by atoms with Crippen molar-refractivity contribution < 1.29 is 4.74 Å². The molecular formula is C10H20N2O. The third kappa shape index (κ3) is 2.22. The summed E-state index contributed by atoms with van der Waals surface area (Å²) in [6, 6.07) is 1.86. The number of nitrogens with one attached hydrogen (secondary N) is 1. The minimum Gasteiger partial charge on any atom is -0.378 e. The van der Waals surface area contributed by atoms with Crippen LogP contribution in [0.2, 0.25) is 0 Å². The maximum absolute atomic E-state index is 5.71. The minimum absolute atomic E-state index is 0.459. The van der Waals surface area contributed by atoms with Crippen molar-refractivity contribution >= 4 is 0 Å². The highest BCUT2D eigenvalue weighted by molar-refractivity contribution is 4.94. The molecule has 0 aliphatic heterocycles. The third-order valence-corrected chi connectivity index (χ3v) is 3.14. The van der Waals surface area contributed by atoms with Crippen molar-refractivity contribution in [1.29, 1.82) is 0 Å². The molecule has 2 fully saturated rings. The van der Waals surface area contributed by atoms with Crippen molar-refractivity contribution in [2.45, 2.75) is 56.8 Å². The normalized spacial score (nSPS) is 43.8. The van der Waals surface area contributed by atoms with E-state index >= 15 is 0 Å². The zero-order valence-electron chi connectivity index (χ0n) is 8.33. The Morgan fingerprint density at radius 3 is 2.38 bits per heavy atom. The molecule has 2 aliphatic rings. The summed E-state index contributed by atoms with van der Waals surface area (Å²) in [6.07, 6.45) is 5.24. The van der Waals surface area contributed by atoms with Crippen molar-refractivity contribution in [2.24, 2.45) is 5.73 Å². The van der Waals surface area contributed by atoms with E-state index in [9.17, 15) is 0 Å². The largest absolute Gasteiger partial charge is 0.378 e. The zero-order chi connectivity index (χ0) is 9.26. The Balaban J connectivity index is 1.54. The molecule has 0 bridgehead atoms. The van der Waals surface area contributed by atoms with Crippen molar-refractivity contribution in [2.75, 3.05) is 6.61 Å². The van der Waals surface area contributed by atoms with E-state index in [4.69, 9.17) is 10.5 Å². The molecule has 13 heavy (non-hydrogen) atoms. The van der Waals surface area contributed by atoms with E-state index in [1.54, 1.807) is 0 Å². The van der Waals surface area contributed by atoms with Crippen LogP contribution in [0.15, 0.2) is 0 Å². The molecule has 2 aliphatic carbocycles. The monoisotopic (exact) mass is 184 g/mol. The summed E-state index contributed by atoms with van der Waals surface area (Å²) in [5.74, 6) is 0. The molecule has 0 radical (unpaired) electrons. The molecule has 2 rings (SSSR count). The van der Waals surface area contributed by atoms with Gasteiger partial charge in [0.1, 0.15) is 0 Å². The highest BCUT2D eigenvalue weighted by Gasteiger charge is 2.34. The number of rotatable bonds is 4. The van der Waals surface area contributed by atoms with Gasteiger partial charge in [0.05, 0.1) is 6.10 Å². The fraction of sp³-hybridized carbons (Fsp3) is 1.00. The smallest absolute Gasteiger partial charge is 0.0604 e. The first-order valence-corrected chi connectivity index (χ1v) is 5.41. The van der Waals surface area contributed by atoms with Crippen molar-refractivity contribution in [3.63, 3.8) is 0 Å². The van der Waals surface area contributed by atoms with Crippen LogP contribution >= 0.6 is 0 Å². The lowest BCUT2D eigenvalue weighted by Crippen LogP contribution is -2.56. The van der Waals surface area contributed by atoms with Gasteiger partial charge in [-0.25, -0.2) is 0 Å². The van der Waals surface area contributed by atoms with E-state index in [1.807, 2.05) is 0 Å². The first-order chi connectivity index (χ1) is 6.28. The molecule has 0 spiro atoms. The van der Waals surface area contributed by atoms with Crippen molar-refractivity contribution in [1.82, 2.24) is 5.32 Å². The minimum atomic E-state index is 0.459. The molecule has 0 aromatic carbocycles. The second-order valence-corrected chi connectivity index (χ2v) is 4.34. The van der Waals surface area contributed by atoms with Gasteiger partial charge in [-0.3, -0.25) is 0 Å². The quantitative estimate of drug-likeness (QED) is 0.674. The average Bonchev–Trinajstić information content (AvgIpc) is 1.97.